The first kappa shape index (κ1) is 11.3. The standard InChI is InChI=1S/C12H15N5S/c13-10-9-14-2-1-11(10)16-4-6-17(7-5-16)12-15-3-8-18-12/h1-3,8-9H,4-7,13H2. The van der Waals surface area contributed by atoms with Crippen LogP contribution in [0.15, 0.2) is 30.0 Å². The normalized spacial score (nSPS) is 16.0. The van der Waals surface area contributed by atoms with Crippen molar-refractivity contribution in [3.63, 3.8) is 0 Å². The van der Waals surface area contributed by atoms with Gasteiger partial charge in [-0.05, 0) is 6.07 Å². The summed E-state index contributed by atoms with van der Waals surface area (Å²) < 4.78 is 0. The van der Waals surface area contributed by atoms with E-state index in [1.165, 1.54) is 0 Å². The topological polar surface area (TPSA) is 58.3 Å². The van der Waals surface area contributed by atoms with Crippen molar-refractivity contribution in [3.8, 4) is 0 Å². The second-order valence-electron chi connectivity index (χ2n) is 4.22. The Kier molecular flexibility index (Phi) is 3.02. The molecule has 3 heterocycles. The second kappa shape index (κ2) is 4.81. The lowest BCUT2D eigenvalue weighted by Crippen LogP contribution is -2.46. The molecule has 1 saturated heterocycles. The monoisotopic (exact) mass is 261 g/mol. The maximum Gasteiger partial charge on any atom is 0.185 e. The molecule has 6 heteroatoms. The lowest BCUT2D eigenvalue weighted by atomic mass is 10.2. The van der Waals surface area contributed by atoms with Crippen LogP contribution in [0.4, 0.5) is 16.5 Å². The zero-order valence-corrected chi connectivity index (χ0v) is 10.8. The molecule has 0 spiro atoms. The molecular weight excluding hydrogens is 246 g/mol. The minimum atomic E-state index is 0.750. The van der Waals surface area contributed by atoms with Gasteiger partial charge in [-0.1, -0.05) is 0 Å². The third kappa shape index (κ3) is 2.11. The molecule has 2 aromatic rings. The number of rotatable bonds is 2. The summed E-state index contributed by atoms with van der Waals surface area (Å²) in [4.78, 5) is 13.0. The Morgan fingerprint density at radius 3 is 2.56 bits per heavy atom. The molecule has 2 N–H and O–H groups in total. The van der Waals surface area contributed by atoms with Crippen LogP contribution < -0.4 is 15.5 Å². The van der Waals surface area contributed by atoms with Gasteiger partial charge in [-0.25, -0.2) is 4.98 Å². The van der Waals surface area contributed by atoms with Gasteiger partial charge in [0.15, 0.2) is 5.13 Å². The first-order valence-corrected chi connectivity index (χ1v) is 6.81. The highest BCUT2D eigenvalue weighted by Crippen LogP contribution is 2.25. The summed E-state index contributed by atoms with van der Waals surface area (Å²) >= 11 is 1.69. The minimum Gasteiger partial charge on any atom is -0.396 e. The Labute approximate surface area is 110 Å². The molecule has 0 unspecified atom stereocenters. The van der Waals surface area contributed by atoms with Crippen LogP contribution in [0.2, 0.25) is 0 Å². The van der Waals surface area contributed by atoms with Crippen LogP contribution in [0.1, 0.15) is 0 Å². The van der Waals surface area contributed by atoms with Gasteiger partial charge in [-0.3, -0.25) is 4.98 Å². The highest BCUT2D eigenvalue weighted by molar-refractivity contribution is 7.13. The number of anilines is 3. The smallest absolute Gasteiger partial charge is 0.185 e. The van der Waals surface area contributed by atoms with Gasteiger partial charge in [0.05, 0.1) is 17.6 Å². The Morgan fingerprint density at radius 2 is 1.89 bits per heavy atom. The first-order chi connectivity index (χ1) is 8.84. The predicted octanol–water partition coefficient (Wildman–Crippen LogP) is 1.45. The van der Waals surface area contributed by atoms with E-state index in [2.05, 4.69) is 19.8 Å². The van der Waals surface area contributed by atoms with Crippen molar-refractivity contribution in [2.75, 3.05) is 41.7 Å². The molecule has 2 aromatic heterocycles. The van der Waals surface area contributed by atoms with Crippen molar-refractivity contribution in [1.82, 2.24) is 9.97 Å². The zero-order chi connectivity index (χ0) is 12.4. The fourth-order valence-electron chi connectivity index (χ4n) is 2.20. The molecule has 1 aliphatic heterocycles. The van der Waals surface area contributed by atoms with Gasteiger partial charge < -0.3 is 15.5 Å². The van der Waals surface area contributed by atoms with Crippen molar-refractivity contribution < 1.29 is 0 Å². The predicted molar refractivity (Wildman–Crippen MR) is 75.2 cm³/mol. The summed E-state index contributed by atoms with van der Waals surface area (Å²) in [6.07, 6.45) is 5.36. The number of thiazole rings is 1. The number of hydrogen-bond acceptors (Lipinski definition) is 6. The van der Waals surface area contributed by atoms with Crippen LogP contribution in [0.5, 0.6) is 0 Å². The van der Waals surface area contributed by atoms with Crippen molar-refractivity contribution in [2.24, 2.45) is 0 Å². The lowest BCUT2D eigenvalue weighted by molar-refractivity contribution is 0.652. The van der Waals surface area contributed by atoms with Crippen LogP contribution in [0.25, 0.3) is 0 Å². The number of nitrogens with two attached hydrogens (primary N) is 1. The molecule has 1 fully saturated rings. The zero-order valence-electron chi connectivity index (χ0n) is 9.99. The molecule has 1 aliphatic rings. The fourth-order valence-corrected chi connectivity index (χ4v) is 2.89. The molecule has 94 valence electrons. The van der Waals surface area contributed by atoms with E-state index in [-0.39, 0.29) is 0 Å². The third-order valence-electron chi connectivity index (χ3n) is 3.14. The van der Waals surface area contributed by atoms with Crippen molar-refractivity contribution in [3.05, 3.63) is 30.0 Å². The molecule has 5 nitrogen and oxygen atoms in total. The lowest BCUT2D eigenvalue weighted by Gasteiger charge is -2.36. The molecule has 0 atom stereocenters. The SMILES string of the molecule is Nc1cnccc1N1CCN(c2nccs2)CC1. The van der Waals surface area contributed by atoms with Crippen molar-refractivity contribution in [1.29, 1.82) is 0 Å². The number of nitrogen functional groups attached to an aromatic ring is 1. The summed E-state index contributed by atoms with van der Waals surface area (Å²) in [5.74, 6) is 0. The van der Waals surface area contributed by atoms with E-state index in [0.29, 0.717) is 0 Å². The molecule has 0 bridgehead atoms. The number of nitrogens with zero attached hydrogens (tertiary/aromatic N) is 4. The van der Waals surface area contributed by atoms with Gasteiger partial charge in [-0.15, -0.1) is 11.3 Å². The van der Waals surface area contributed by atoms with Gasteiger partial charge in [-0.2, -0.15) is 0 Å². The van der Waals surface area contributed by atoms with E-state index in [4.69, 9.17) is 5.73 Å². The van der Waals surface area contributed by atoms with Crippen LogP contribution in [-0.2, 0) is 0 Å². The van der Waals surface area contributed by atoms with E-state index >= 15 is 0 Å². The Morgan fingerprint density at radius 1 is 1.11 bits per heavy atom. The third-order valence-corrected chi connectivity index (χ3v) is 3.97. The Bertz CT molecular complexity index is 505. The van der Waals surface area contributed by atoms with E-state index in [1.807, 2.05) is 17.6 Å². The molecule has 0 saturated carbocycles. The van der Waals surface area contributed by atoms with Crippen LogP contribution in [0, 0.1) is 0 Å². The van der Waals surface area contributed by atoms with E-state index in [9.17, 15) is 0 Å². The highest BCUT2D eigenvalue weighted by Gasteiger charge is 2.19. The molecular formula is C12H15N5S. The van der Waals surface area contributed by atoms with E-state index < -0.39 is 0 Å². The number of hydrogen-bond donors (Lipinski definition) is 1. The highest BCUT2D eigenvalue weighted by atomic mass is 32.1. The van der Waals surface area contributed by atoms with Gasteiger partial charge >= 0.3 is 0 Å². The van der Waals surface area contributed by atoms with Gasteiger partial charge in [0, 0.05) is 44.0 Å². The van der Waals surface area contributed by atoms with Crippen LogP contribution >= 0.6 is 11.3 Å². The molecule has 0 aromatic carbocycles. The molecule has 0 amide bonds. The second-order valence-corrected chi connectivity index (χ2v) is 5.10. The van der Waals surface area contributed by atoms with E-state index in [0.717, 1.165) is 42.7 Å². The number of pyridine rings is 1. The largest absolute Gasteiger partial charge is 0.396 e. The molecule has 3 rings (SSSR count). The maximum atomic E-state index is 5.95. The summed E-state index contributed by atoms with van der Waals surface area (Å²) in [6, 6.07) is 1.98. The molecule has 0 radical (unpaired) electrons. The summed E-state index contributed by atoms with van der Waals surface area (Å²) in [7, 11) is 0. The average molecular weight is 261 g/mol. The number of aromatic nitrogens is 2. The summed E-state index contributed by atoms with van der Waals surface area (Å²) in [6.45, 7) is 3.89. The molecule has 18 heavy (non-hydrogen) atoms. The first-order valence-electron chi connectivity index (χ1n) is 5.93. The Balaban J connectivity index is 1.69. The quantitative estimate of drug-likeness (QED) is 0.886. The minimum absolute atomic E-state index is 0.750. The Hall–Kier alpha value is -1.82. The van der Waals surface area contributed by atoms with Crippen molar-refractivity contribution >= 4 is 27.8 Å². The molecule has 0 aliphatic carbocycles. The van der Waals surface area contributed by atoms with E-state index in [1.54, 1.807) is 23.7 Å². The maximum absolute atomic E-state index is 5.95. The van der Waals surface area contributed by atoms with Gasteiger partial charge in [0.25, 0.3) is 0 Å². The van der Waals surface area contributed by atoms with Crippen molar-refractivity contribution in [2.45, 2.75) is 0 Å². The summed E-state index contributed by atoms with van der Waals surface area (Å²) in [5, 5.41) is 3.13. The average Bonchev–Trinajstić information content (AvgIpc) is 2.94. The summed E-state index contributed by atoms with van der Waals surface area (Å²) in [5.41, 5.74) is 7.79. The van der Waals surface area contributed by atoms with Gasteiger partial charge in [0.1, 0.15) is 0 Å². The van der Waals surface area contributed by atoms with Crippen LogP contribution in [-0.4, -0.2) is 36.1 Å². The number of piperazine rings is 1. The fraction of sp³-hybridized carbons (Fsp3) is 0.333. The van der Waals surface area contributed by atoms with Gasteiger partial charge in [0.2, 0.25) is 0 Å². The van der Waals surface area contributed by atoms with Crippen LogP contribution in [0.3, 0.4) is 0 Å².